The summed E-state index contributed by atoms with van der Waals surface area (Å²) in [6.07, 6.45) is 2.46. The summed E-state index contributed by atoms with van der Waals surface area (Å²) in [5.41, 5.74) is 7.30. The molecule has 1 N–H and O–H groups in total. The second-order valence-corrected chi connectivity index (χ2v) is 8.37. The van der Waals surface area contributed by atoms with Gasteiger partial charge >= 0.3 is 6.03 Å². The Bertz CT molecular complexity index is 1330. The SMILES string of the molecule is CCc1ccccc1-n1c(C)cc(/C=C2\C(=O)NC(=O)N(c3ccc(C)c(C)c3)C2=O)c1C. The molecular weight excluding hydrogens is 414 g/mol. The van der Waals surface area contributed by atoms with Crippen LogP contribution >= 0.6 is 0 Å². The first kappa shape index (κ1) is 22.3. The molecular formula is C27H27N3O3. The van der Waals surface area contributed by atoms with E-state index in [-0.39, 0.29) is 5.57 Å². The number of nitrogens with zero attached hydrogens (tertiary/aromatic N) is 2. The Morgan fingerprint density at radius 2 is 1.64 bits per heavy atom. The molecule has 3 aromatic rings. The van der Waals surface area contributed by atoms with Crippen LogP contribution in [0.4, 0.5) is 10.5 Å². The first-order chi connectivity index (χ1) is 15.7. The van der Waals surface area contributed by atoms with Crippen LogP contribution in [-0.2, 0) is 16.0 Å². The average Bonchev–Trinajstić information content (AvgIpc) is 3.06. The lowest BCUT2D eigenvalue weighted by Gasteiger charge is -2.26. The van der Waals surface area contributed by atoms with Crippen LogP contribution < -0.4 is 10.2 Å². The summed E-state index contributed by atoms with van der Waals surface area (Å²) in [4.78, 5) is 39.5. The van der Waals surface area contributed by atoms with E-state index in [0.717, 1.165) is 45.1 Å². The number of barbiturate groups is 1. The summed E-state index contributed by atoms with van der Waals surface area (Å²) in [7, 11) is 0. The number of hydrogen-bond acceptors (Lipinski definition) is 3. The molecule has 168 valence electrons. The van der Waals surface area contributed by atoms with Crippen LogP contribution in [0.5, 0.6) is 0 Å². The minimum Gasteiger partial charge on any atom is -0.318 e. The molecule has 0 atom stereocenters. The van der Waals surface area contributed by atoms with Gasteiger partial charge in [-0.2, -0.15) is 0 Å². The fourth-order valence-electron chi connectivity index (χ4n) is 4.24. The largest absolute Gasteiger partial charge is 0.335 e. The Labute approximate surface area is 193 Å². The third kappa shape index (κ3) is 3.89. The number of para-hydroxylation sites is 1. The highest BCUT2D eigenvalue weighted by Crippen LogP contribution is 2.28. The third-order valence-corrected chi connectivity index (χ3v) is 6.23. The maximum Gasteiger partial charge on any atom is 0.335 e. The quantitative estimate of drug-likeness (QED) is 0.460. The topological polar surface area (TPSA) is 71.4 Å². The van der Waals surface area contributed by atoms with Crippen molar-refractivity contribution in [3.8, 4) is 5.69 Å². The summed E-state index contributed by atoms with van der Waals surface area (Å²) in [5, 5.41) is 2.31. The van der Waals surface area contributed by atoms with Crippen LogP contribution in [-0.4, -0.2) is 22.4 Å². The van der Waals surface area contributed by atoms with E-state index in [0.29, 0.717) is 5.69 Å². The lowest BCUT2D eigenvalue weighted by atomic mass is 10.1. The van der Waals surface area contributed by atoms with Crippen LogP contribution in [0.25, 0.3) is 11.8 Å². The lowest BCUT2D eigenvalue weighted by molar-refractivity contribution is -0.122. The van der Waals surface area contributed by atoms with Gasteiger partial charge in [0.1, 0.15) is 5.57 Å². The zero-order chi connectivity index (χ0) is 23.9. The lowest BCUT2D eigenvalue weighted by Crippen LogP contribution is -2.54. The van der Waals surface area contributed by atoms with Gasteiger partial charge in [0.05, 0.1) is 5.69 Å². The molecule has 6 nitrogen and oxygen atoms in total. The number of hydrogen-bond donors (Lipinski definition) is 1. The Kier molecular flexibility index (Phi) is 5.77. The van der Waals surface area contributed by atoms with Gasteiger partial charge in [-0.25, -0.2) is 9.69 Å². The van der Waals surface area contributed by atoms with Crippen molar-refractivity contribution in [2.45, 2.75) is 41.0 Å². The molecule has 2 heterocycles. The van der Waals surface area contributed by atoms with Gasteiger partial charge in [-0.1, -0.05) is 31.2 Å². The van der Waals surface area contributed by atoms with E-state index < -0.39 is 17.8 Å². The van der Waals surface area contributed by atoms with Crippen LogP contribution in [0.1, 0.15) is 40.6 Å². The highest BCUT2D eigenvalue weighted by Gasteiger charge is 2.37. The number of rotatable bonds is 4. The fraction of sp³-hybridized carbons (Fsp3) is 0.222. The van der Waals surface area contributed by atoms with Crippen molar-refractivity contribution in [3.05, 3.63) is 87.7 Å². The standard InChI is InChI=1S/C27H27N3O3/c1-6-20-9-7-8-10-24(20)29-18(4)14-21(19(29)5)15-23-25(31)28-27(33)30(26(23)32)22-12-11-16(2)17(3)13-22/h7-15H,6H2,1-5H3,(H,28,31,33)/b23-15+. The summed E-state index contributed by atoms with van der Waals surface area (Å²) in [6, 6.07) is 14.7. The van der Waals surface area contributed by atoms with Gasteiger partial charge in [0.25, 0.3) is 11.8 Å². The second-order valence-electron chi connectivity index (χ2n) is 8.37. The molecule has 1 aliphatic rings. The number of urea groups is 1. The number of amides is 4. The smallest absolute Gasteiger partial charge is 0.318 e. The van der Waals surface area contributed by atoms with Gasteiger partial charge in [0.15, 0.2) is 0 Å². The van der Waals surface area contributed by atoms with Gasteiger partial charge in [0.2, 0.25) is 0 Å². The number of nitrogens with one attached hydrogen (secondary N) is 1. The van der Waals surface area contributed by atoms with E-state index in [1.54, 1.807) is 18.2 Å². The molecule has 1 aliphatic heterocycles. The predicted octanol–water partition coefficient (Wildman–Crippen LogP) is 4.94. The molecule has 6 heteroatoms. The molecule has 1 saturated heterocycles. The predicted molar refractivity (Wildman–Crippen MR) is 130 cm³/mol. The molecule has 33 heavy (non-hydrogen) atoms. The Hall–Kier alpha value is -3.93. The average molecular weight is 442 g/mol. The molecule has 1 fully saturated rings. The van der Waals surface area contributed by atoms with Gasteiger partial charge in [-0.05, 0) is 86.7 Å². The Morgan fingerprint density at radius 3 is 2.33 bits per heavy atom. The second kappa shape index (κ2) is 8.54. The highest BCUT2D eigenvalue weighted by atomic mass is 16.2. The summed E-state index contributed by atoms with van der Waals surface area (Å²) in [6.45, 7) is 9.94. The van der Waals surface area contributed by atoms with Crippen LogP contribution in [0.15, 0.2) is 54.1 Å². The van der Waals surface area contributed by atoms with Gasteiger partial charge < -0.3 is 4.57 Å². The van der Waals surface area contributed by atoms with Crippen molar-refractivity contribution in [2.75, 3.05) is 4.90 Å². The zero-order valence-corrected chi connectivity index (χ0v) is 19.5. The van der Waals surface area contributed by atoms with E-state index in [9.17, 15) is 14.4 Å². The monoisotopic (exact) mass is 441 g/mol. The first-order valence-electron chi connectivity index (χ1n) is 11.0. The molecule has 0 spiro atoms. The normalized spacial score (nSPS) is 15.4. The van der Waals surface area contributed by atoms with Crippen LogP contribution in [0.3, 0.4) is 0 Å². The van der Waals surface area contributed by atoms with E-state index in [2.05, 4.69) is 28.9 Å². The van der Waals surface area contributed by atoms with Crippen molar-refractivity contribution in [1.82, 2.24) is 9.88 Å². The number of aryl methyl sites for hydroxylation is 4. The third-order valence-electron chi connectivity index (χ3n) is 6.23. The highest BCUT2D eigenvalue weighted by molar-refractivity contribution is 6.39. The maximum atomic E-state index is 13.3. The van der Waals surface area contributed by atoms with Gasteiger partial charge in [-0.3, -0.25) is 14.9 Å². The van der Waals surface area contributed by atoms with Crippen LogP contribution in [0, 0.1) is 27.7 Å². The molecule has 4 amide bonds. The van der Waals surface area contributed by atoms with Crippen molar-refractivity contribution in [3.63, 3.8) is 0 Å². The first-order valence-corrected chi connectivity index (χ1v) is 11.0. The Balaban J connectivity index is 1.78. The molecule has 0 unspecified atom stereocenters. The summed E-state index contributed by atoms with van der Waals surface area (Å²) >= 11 is 0. The van der Waals surface area contributed by atoms with Crippen molar-refractivity contribution in [1.29, 1.82) is 0 Å². The van der Waals surface area contributed by atoms with Crippen molar-refractivity contribution >= 4 is 29.6 Å². The molecule has 0 bridgehead atoms. The van der Waals surface area contributed by atoms with Gasteiger partial charge in [-0.15, -0.1) is 0 Å². The number of imide groups is 2. The van der Waals surface area contributed by atoms with E-state index >= 15 is 0 Å². The van der Waals surface area contributed by atoms with E-state index in [1.165, 1.54) is 5.56 Å². The number of aromatic nitrogens is 1. The molecule has 2 aromatic carbocycles. The molecule has 1 aromatic heterocycles. The molecule has 0 radical (unpaired) electrons. The van der Waals surface area contributed by atoms with E-state index in [1.807, 2.05) is 52.0 Å². The minimum atomic E-state index is -0.743. The molecule has 4 rings (SSSR count). The molecule has 0 aliphatic carbocycles. The minimum absolute atomic E-state index is 0.0724. The summed E-state index contributed by atoms with van der Waals surface area (Å²) < 4.78 is 2.13. The molecule has 0 saturated carbocycles. The van der Waals surface area contributed by atoms with E-state index in [4.69, 9.17) is 0 Å². The van der Waals surface area contributed by atoms with Crippen molar-refractivity contribution < 1.29 is 14.4 Å². The zero-order valence-electron chi connectivity index (χ0n) is 19.5. The number of benzene rings is 2. The van der Waals surface area contributed by atoms with Crippen LogP contribution in [0.2, 0.25) is 0 Å². The van der Waals surface area contributed by atoms with Crippen molar-refractivity contribution in [2.24, 2.45) is 0 Å². The van der Waals surface area contributed by atoms with Gasteiger partial charge in [0, 0.05) is 17.1 Å². The number of carbonyl (C=O) groups excluding carboxylic acids is 3. The number of carbonyl (C=O) groups is 3. The number of anilines is 1. The summed E-state index contributed by atoms with van der Waals surface area (Å²) in [5.74, 6) is -1.32. The Morgan fingerprint density at radius 1 is 0.909 bits per heavy atom. The fourth-order valence-corrected chi connectivity index (χ4v) is 4.24. The maximum absolute atomic E-state index is 13.3.